The van der Waals surface area contributed by atoms with Gasteiger partial charge in [-0.15, -0.1) is 0 Å². The Labute approximate surface area is 116 Å². The molecule has 1 aliphatic heterocycles. The van der Waals surface area contributed by atoms with E-state index in [4.69, 9.17) is 0 Å². The van der Waals surface area contributed by atoms with Gasteiger partial charge >= 0.3 is 6.03 Å². The lowest BCUT2D eigenvalue weighted by Crippen LogP contribution is -2.43. The summed E-state index contributed by atoms with van der Waals surface area (Å²) in [7, 11) is -3.16. The van der Waals surface area contributed by atoms with Gasteiger partial charge < -0.3 is 10.2 Å². The molecule has 0 radical (unpaired) electrons. The van der Waals surface area contributed by atoms with E-state index in [0.717, 1.165) is 25.9 Å². The summed E-state index contributed by atoms with van der Waals surface area (Å²) in [5, 5.41) is 2.72. The van der Waals surface area contributed by atoms with E-state index in [0.29, 0.717) is 0 Å². The molecule has 0 aromatic heterocycles. The molecule has 0 unspecified atom stereocenters. The lowest BCUT2D eigenvalue weighted by molar-refractivity contribution is 0.200. The normalized spacial score (nSPS) is 17.9. The third kappa shape index (κ3) is 5.01. The molecule has 5 nitrogen and oxygen atoms in total. The fraction of sp³-hybridized carbons (Fsp3) is 0.923. The maximum absolute atomic E-state index is 11.9. The highest BCUT2D eigenvalue weighted by atomic mass is 32.2. The molecule has 0 atom stereocenters. The Morgan fingerprint density at radius 1 is 1.11 bits per heavy atom. The van der Waals surface area contributed by atoms with E-state index in [1.807, 2.05) is 0 Å². The molecule has 2 amide bonds. The Kier molecular flexibility index (Phi) is 5.64. The minimum Gasteiger partial charge on any atom is -0.337 e. The zero-order valence-electron chi connectivity index (χ0n) is 12.2. The molecular weight excluding hydrogens is 264 g/mol. The van der Waals surface area contributed by atoms with Crippen LogP contribution in [0.15, 0.2) is 0 Å². The second kappa shape index (κ2) is 6.59. The first-order chi connectivity index (χ1) is 8.74. The van der Waals surface area contributed by atoms with Gasteiger partial charge in [-0.05, 0) is 33.6 Å². The maximum atomic E-state index is 11.9. The highest BCUT2D eigenvalue weighted by Crippen LogP contribution is 2.15. The largest absolute Gasteiger partial charge is 0.337 e. The van der Waals surface area contributed by atoms with E-state index in [9.17, 15) is 13.2 Å². The van der Waals surface area contributed by atoms with Crippen molar-refractivity contribution in [2.24, 2.45) is 0 Å². The average molecular weight is 290 g/mol. The van der Waals surface area contributed by atoms with Crippen LogP contribution in [0.25, 0.3) is 0 Å². The smallest absolute Gasteiger partial charge is 0.317 e. The molecule has 6 heteroatoms. The summed E-state index contributed by atoms with van der Waals surface area (Å²) in [4.78, 5) is 13.7. The number of carbonyl (C=O) groups excluding carboxylic acids is 1. The number of rotatable bonds is 3. The SMILES string of the molecule is CC(C)(C)S(=O)(=O)CCNC(=O)N1CCCCCC1. The van der Waals surface area contributed by atoms with Crippen molar-refractivity contribution < 1.29 is 13.2 Å². The van der Waals surface area contributed by atoms with Crippen molar-refractivity contribution >= 4 is 15.9 Å². The number of hydrogen-bond donors (Lipinski definition) is 1. The van der Waals surface area contributed by atoms with Crippen molar-refractivity contribution in [1.29, 1.82) is 0 Å². The molecule has 19 heavy (non-hydrogen) atoms. The summed E-state index contributed by atoms with van der Waals surface area (Å²) in [5.74, 6) is -0.00389. The second-order valence-electron chi connectivity index (χ2n) is 6.06. The summed E-state index contributed by atoms with van der Waals surface area (Å²) in [5.41, 5.74) is 0. The highest BCUT2D eigenvalue weighted by Gasteiger charge is 2.28. The van der Waals surface area contributed by atoms with Crippen molar-refractivity contribution in [3.05, 3.63) is 0 Å². The Balaban J connectivity index is 2.38. The zero-order valence-corrected chi connectivity index (χ0v) is 13.1. The van der Waals surface area contributed by atoms with Gasteiger partial charge in [0.15, 0.2) is 9.84 Å². The number of likely N-dealkylation sites (tertiary alicyclic amines) is 1. The predicted octanol–water partition coefficient (Wildman–Crippen LogP) is 1.79. The van der Waals surface area contributed by atoms with Gasteiger partial charge in [-0.25, -0.2) is 13.2 Å². The van der Waals surface area contributed by atoms with E-state index in [1.165, 1.54) is 12.8 Å². The average Bonchev–Trinajstić information content (AvgIpc) is 2.55. The second-order valence-corrected chi connectivity index (χ2v) is 8.93. The number of amides is 2. The number of nitrogens with one attached hydrogen (secondary N) is 1. The topological polar surface area (TPSA) is 66.5 Å². The Morgan fingerprint density at radius 2 is 1.63 bits per heavy atom. The fourth-order valence-electron chi connectivity index (χ4n) is 1.98. The van der Waals surface area contributed by atoms with Gasteiger partial charge in [-0.2, -0.15) is 0 Å². The van der Waals surface area contributed by atoms with Crippen molar-refractivity contribution in [2.45, 2.75) is 51.2 Å². The van der Waals surface area contributed by atoms with Gasteiger partial charge in [-0.3, -0.25) is 0 Å². The summed E-state index contributed by atoms with van der Waals surface area (Å²) in [6.45, 7) is 6.78. The Bertz CT molecular complexity index is 391. The molecule has 1 aliphatic rings. The first-order valence-corrected chi connectivity index (χ1v) is 8.64. The Hall–Kier alpha value is -0.780. The summed E-state index contributed by atoms with van der Waals surface area (Å²) >= 11 is 0. The number of carbonyl (C=O) groups is 1. The van der Waals surface area contributed by atoms with Crippen LogP contribution in [0.4, 0.5) is 4.79 Å². The van der Waals surface area contributed by atoms with Crippen LogP contribution in [-0.2, 0) is 9.84 Å². The minimum absolute atomic E-state index is 0.00389. The zero-order chi connectivity index (χ0) is 14.5. The van der Waals surface area contributed by atoms with Gasteiger partial charge in [0.05, 0.1) is 10.5 Å². The molecule has 1 N–H and O–H groups in total. The quantitative estimate of drug-likeness (QED) is 0.861. The number of nitrogens with zero attached hydrogens (tertiary/aromatic N) is 1. The molecule has 1 saturated heterocycles. The predicted molar refractivity (Wildman–Crippen MR) is 77.0 cm³/mol. The summed E-state index contributed by atoms with van der Waals surface area (Å²) in [6.07, 6.45) is 4.41. The third-order valence-corrected chi connectivity index (χ3v) is 6.08. The molecule has 1 heterocycles. The van der Waals surface area contributed by atoms with E-state index < -0.39 is 14.6 Å². The summed E-state index contributed by atoms with van der Waals surface area (Å²) < 4.78 is 23.0. The van der Waals surface area contributed by atoms with Gasteiger partial charge in [0.1, 0.15) is 0 Å². The van der Waals surface area contributed by atoms with Gasteiger partial charge in [0, 0.05) is 19.6 Å². The number of sulfone groups is 1. The van der Waals surface area contributed by atoms with Crippen molar-refractivity contribution in [3.8, 4) is 0 Å². The van der Waals surface area contributed by atoms with Gasteiger partial charge in [0.25, 0.3) is 0 Å². The molecule has 1 rings (SSSR count). The van der Waals surface area contributed by atoms with Crippen LogP contribution < -0.4 is 5.32 Å². The third-order valence-electron chi connectivity index (χ3n) is 3.47. The van der Waals surface area contributed by atoms with Crippen LogP contribution in [0.2, 0.25) is 0 Å². The highest BCUT2D eigenvalue weighted by molar-refractivity contribution is 7.92. The van der Waals surface area contributed by atoms with E-state index in [1.54, 1.807) is 25.7 Å². The van der Waals surface area contributed by atoms with E-state index in [-0.39, 0.29) is 18.3 Å². The van der Waals surface area contributed by atoms with Crippen LogP contribution in [0.3, 0.4) is 0 Å². The molecule has 0 aromatic rings. The number of urea groups is 1. The first-order valence-electron chi connectivity index (χ1n) is 6.99. The maximum Gasteiger partial charge on any atom is 0.317 e. The van der Waals surface area contributed by atoms with E-state index >= 15 is 0 Å². The molecule has 0 spiro atoms. The molecule has 0 bridgehead atoms. The molecule has 0 aliphatic carbocycles. The first kappa shape index (κ1) is 16.3. The van der Waals surface area contributed by atoms with Crippen molar-refractivity contribution in [3.63, 3.8) is 0 Å². The monoisotopic (exact) mass is 290 g/mol. The molecule has 0 saturated carbocycles. The molecule has 1 fully saturated rings. The van der Waals surface area contributed by atoms with Gasteiger partial charge in [0.2, 0.25) is 0 Å². The van der Waals surface area contributed by atoms with E-state index in [2.05, 4.69) is 5.32 Å². The van der Waals surface area contributed by atoms with Crippen LogP contribution in [0, 0.1) is 0 Å². The Morgan fingerprint density at radius 3 is 2.11 bits per heavy atom. The summed E-state index contributed by atoms with van der Waals surface area (Å²) in [6, 6.07) is -0.133. The van der Waals surface area contributed by atoms with Crippen LogP contribution in [0.1, 0.15) is 46.5 Å². The lowest BCUT2D eigenvalue weighted by atomic mass is 10.2. The van der Waals surface area contributed by atoms with Gasteiger partial charge in [-0.1, -0.05) is 12.8 Å². The van der Waals surface area contributed by atoms with Crippen molar-refractivity contribution in [2.75, 3.05) is 25.4 Å². The molecule has 112 valence electrons. The van der Waals surface area contributed by atoms with Crippen molar-refractivity contribution in [1.82, 2.24) is 10.2 Å². The molecule has 0 aromatic carbocycles. The minimum atomic E-state index is -3.16. The van der Waals surface area contributed by atoms with Crippen LogP contribution >= 0.6 is 0 Å². The lowest BCUT2D eigenvalue weighted by Gasteiger charge is -2.22. The number of hydrogen-bond acceptors (Lipinski definition) is 3. The van der Waals surface area contributed by atoms with Crippen LogP contribution in [0.5, 0.6) is 0 Å². The standard InChI is InChI=1S/C13H26N2O3S/c1-13(2,3)19(17,18)11-8-14-12(16)15-9-6-4-5-7-10-15/h4-11H2,1-3H3,(H,14,16). The molecular formula is C13H26N2O3S. The fourth-order valence-corrected chi connectivity index (χ4v) is 2.97. The van der Waals surface area contributed by atoms with Crippen LogP contribution in [-0.4, -0.2) is 49.5 Å².